The molecule has 0 saturated heterocycles. The molecule has 2 atom stereocenters. The van der Waals surface area contributed by atoms with Gasteiger partial charge in [-0.1, -0.05) is 6.42 Å². The van der Waals surface area contributed by atoms with Crippen LogP contribution in [0.2, 0.25) is 0 Å². The predicted octanol–water partition coefficient (Wildman–Crippen LogP) is 2.48. The molecule has 0 spiro atoms. The molecule has 19 heavy (non-hydrogen) atoms. The highest BCUT2D eigenvalue weighted by Gasteiger charge is 2.08. The van der Waals surface area contributed by atoms with Gasteiger partial charge in [0, 0.05) is 28.8 Å². The number of nitrogens with zero attached hydrogens (tertiary/aromatic N) is 1. The van der Waals surface area contributed by atoms with Gasteiger partial charge in [0.25, 0.3) is 5.69 Å². The fourth-order valence-electron chi connectivity index (χ4n) is 1.67. The topological polar surface area (TPSA) is 72.2 Å². The number of non-ortho nitro benzene ring substituents is 1. The summed E-state index contributed by atoms with van der Waals surface area (Å²) in [5.41, 5.74) is 0.0311. The summed E-state index contributed by atoms with van der Waals surface area (Å²) in [5, 5.41) is 13.7. The molecule has 0 amide bonds. The molecule has 0 aliphatic carbocycles. The van der Waals surface area contributed by atoms with Crippen molar-refractivity contribution in [2.24, 2.45) is 0 Å². The largest absolute Gasteiger partial charge is 0.317 e. The van der Waals surface area contributed by atoms with Gasteiger partial charge in [0.05, 0.1) is 15.7 Å². The van der Waals surface area contributed by atoms with Crippen LogP contribution in [0.3, 0.4) is 0 Å². The Labute approximate surface area is 116 Å². The summed E-state index contributed by atoms with van der Waals surface area (Å²) < 4.78 is 12.0. The van der Waals surface area contributed by atoms with Crippen molar-refractivity contribution in [2.45, 2.75) is 37.1 Å². The molecule has 0 heterocycles. The maximum atomic E-state index is 12.0. The molecule has 0 aliphatic rings. The lowest BCUT2D eigenvalue weighted by molar-refractivity contribution is -0.384. The van der Waals surface area contributed by atoms with E-state index < -0.39 is 15.7 Å². The number of hydrogen-bond donors (Lipinski definition) is 1. The minimum atomic E-state index is -1.06. The number of hydrogen-bond acceptors (Lipinski definition) is 4. The van der Waals surface area contributed by atoms with Gasteiger partial charge in [-0.05, 0) is 38.9 Å². The summed E-state index contributed by atoms with van der Waals surface area (Å²) in [6.45, 7) is 2.12. The molecule has 0 bridgehead atoms. The van der Waals surface area contributed by atoms with E-state index in [1.807, 2.05) is 7.05 Å². The third-order valence-electron chi connectivity index (χ3n) is 3.02. The van der Waals surface area contributed by atoms with Crippen LogP contribution in [0.5, 0.6) is 0 Å². The van der Waals surface area contributed by atoms with E-state index in [0.717, 1.165) is 19.3 Å². The number of benzene rings is 1. The quantitative estimate of drug-likeness (QED) is 0.452. The van der Waals surface area contributed by atoms with Gasteiger partial charge >= 0.3 is 0 Å². The molecule has 1 aromatic carbocycles. The van der Waals surface area contributed by atoms with Crippen LogP contribution in [0.4, 0.5) is 5.69 Å². The molecule has 0 radical (unpaired) electrons. The Balaban J connectivity index is 2.39. The Morgan fingerprint density at radius 3 is 2.47 bits per heavy atom. The molecule has 0 saturated carbocycles. The van der Waals surface area contributed by atoms with Gasteiger partial charge in [0.1, 0.15) is 0 Å². The van der Waals surface area contributed by atoms with Crippen LogP contribution in [0.15, 0.2) is 29.2 Å². The van der Waals surface area contributed by atoms with Crippen molar-refractivity contribution in [2.75, 3.05) is 12.8 Å². The zero-order chi connectivity index (χ0) is 14.3. The zero-order valence-electron chi connectivity index (χ0n) is 11.3. The minimum absolute atomic E-state index is 0.0311. The summed E-state index contributed by atoms with van der Waals surface area (Å²) in [6, 6.07) is 6.43. The predicted molar refractivity (Wildman–Crippen MR) is 76.7 cm³/mol. The lowest BCUT2D eigenvalue weighted by Gasteiger charge is -2.09. The standard InChI is InChI=1S/C13H20N2O3S/c1-11(14-2)5-3-4-10-19(18)13-8-6-12(7-9-13)15(16)17/h6-9,11,14H,3-5,10H2,1-2H3. The molecule has 0 aromatic heterocycles. The van der Waals surface area contributed by atoms with Crippen molar-refractivity contribution in [3.05, 3.63) is 34.4 Å². The van der Waals surface area contributed by atoms with E-state index in [-0.39, 0.29) is 5.69 Å². The van der Waals surface area contributed by atoms with E-state index in [4.69, 9.17) is 0 Å². The summed E-state index contributed by atoms with van der Waals surface area (Å²) >= 11 is 0. The normalized spacial score (nSPS) is 14.0. The molecule has 0 fully saturated rings. The second-order valence-electron chi connectivity index (χ2n) is 4.49. The smallest absolute Gasteiger partial charge is 0.269 e. The molecule has 106 valence electrons. The fourth-order valence-corrected chi connectivity index (χ4v) is 2.81. The minimum Gasteiger partial charge on any atom is -0.317 e. The highest BCUT2D eigenvalue weighted by molar-refractivity contribution is 7.85. The second-order valence-corrected chi connectivity index (χ2v) is 6.06. The molecule has 1 N–H and O–H groups in total. The second kappa shape index (κ2) is 8.01. The Bertz CT molecular complexity index is 434. The first-order valence-corrected chi connectivity index (χ1v) is 7.66. The third kappa shape index (κ3) is 5.48. The maximum Gasteiger partial charge on any atom is 0.269 e. The highest BCUT2D eigenvalue weighted by Crippen LogP contribution is 2.15. The first kappa shape index (κ1) is 15.8. The van der Waals surface area contributed by atoms with E-state index in [1.54, 1.807) is 12.1 Å². The number of nitro benzene ring substituents is 1. The third-order valence-corrected chi connectivity index (χ3v) is 4.48. The summed E-state index contributed by atoms with van der Waals surface area (Å²) in [7, 11) is 0.866. The van der Waals surface area contributed by atoms with Crippen molar-refractivity contribution in [1.82, 2.24) is 5.32 Å². The SMILES string of the molecule is CNC(C)CCCCS(=O)c1ccc([N+](=O)[O-])cc1. The highest BCUT2D eigenvalue weighted by atomic mass is 32.2. The van der Waals surface area contributed by atoms with Gasteiger partial charge in [-0.2, -0.15) is 0 Å². The van der Waals surface area contributed by atoms with Gasteiger partial charge in [0.15, 0.2) is 0 Å². The summed E-state index contributed by atoms with van der Waals surface area (Å²) in [4.78, 5) is 10.7. The van der Waals surface area contributed by atoms with Crippen LogP contribution in [0.25, 0.3) is 0 Å². The van der Waals surface area contributed by atoms with Gasteiger partial charge in [-0.25, -0.2) is 0 Å². The van der Waals surface area contributed by atoms with Gasteiger partial charge in [-0.15, -0.1) is 0 Å². The molecule has 1 aromatic rings. The number of rotatable bonds is 8. The van der Waals surface area contributed by atoms with E-state index >= 15 is 0 Å². The van der Waals surface area contributed by atoms with Crippen LogP contribution in [-0.2, 0) is 10.8 Å². The molecular formula is C13H20N2O3S. The average Bonchev–Trinajstić information content (AvgIpc) is 2.43. The number of nitrogens with one attached hydrogen (secondary N) is 1. The van der Waals surface area contributed by atoms with E-state index in [9.17, 15) is 14.3 Å². The van der Waals surface area contributed by atoms with E-state index in [2.05, 4.69) is 12.2 Å². The van der Waals surface area contributed by atoms with Gasteiger partial charge in [-0.3, -0.25) is 14.3 Å². The Kier molecular flexibility index (Phi) is 6.66. The Morgan fingerprint density at radius 1 is 1.32 bits per heavy atom. The van der Waals surface area contributed by atoms with Crippen LogP contribution in [0.1, 0.15) is 26.2 Å². The zero-order valence-corrected chi connectivity index (χ0v) is 12.1. The van der Waals surface area contributed by atoms with Crippen LogP contribution >= 0.6 is 0 Å². The molecule has 1 rings (SSSR count). The molecule has 2 unspecified atom stereocenters. The van der Waals surface area contributed by atoms with Crippen molar-refractivity contribution in [3.63, 3.8) is 0 Å². The number of nitro groups is 1. The molecule has 0 aliphatic heterocycles. The van der Waals surface area contributed by atoms with Gasteiger partial charge < -0.3 is 5.32 Å². The first-order valence-electron chi connectivity index (χ1n) is 6.34. The Morgan fingerprint density at radius 2 is 1.95 bits per heavy atom. The Hall–Kier alpha value is -1.27. The van der Waals surface area contributed by atoms with Crippen molar-refractivity contribution < 1.29 is 9.13 Å². The summed E-state index contributed by atoms with van der Waals surface area (Å²) in [5.74, 6) is 0.605. The van der Waals surface area contributed by atoms with Crippen molar-refractivity contribution in [3.8, 4) is 0 Å². The molecule has 6 heteroatoms. The van der Waals surface area contributed by atoms with Crippen molar-refractivity contribution in [1.29, 1.82) is 0 Å². The van der Waals surface area contributed by atoms with Crippen molar-refractivity contribution >= 4 is 16.5 Å². The van der Waals surface area contributed by atoms with Crippen LogP contribution < -0.4 is 5.32 Å². The molecule has 5 nitrogen and oxygen atoms in total. The van der Waals surface area contributed by atoms with Gasteiger partial charge in [0.2, 0.25) is 0 Å². The lowest BCUT2D eigenvalue weighted by Crippen LogP contribution is -2.20. The van der Waals surface area contributed by atoms with Crippen LogP contribution in [0, 0.1) is 10.1 Å². The monoisotopic (exact) mass is 284 g/mol. The first-order chi connectivity index (χ1) is 9.04. The van der Waals surface area contributed by atoms with E-state index in [1.165, 1.54) is 12.1 Å². The van der Waals surface area contributed by atoms with E-state index in [0.29, 0.717) is 16.7 Å². The lowest BCUT2D eigenvalue weighted by atomic mass is 10.1. The average molecular weight is 284 g/mol. The fraction of sp³-hybridized carbons (Fsp3) is 0.538. The maximum absolute atomic E-state index is 12.0. The number of unbranched alkanes of at least 4 members (excludes halogenated alkanes) is 1. The molecular weight excluding hydrogens is 264 g/mol. The summed E-state index contributed by atoms with van der Waals surface area (Å²) in [6.07, 6.45) is 2.99. The van der Waals surface area contributed by atoms with Crippen LogP contribution in [-0.4, -0.2) is 28.0 Å².